The number of allylic oxidation sites excluding steroid dienone is 1. The molecule has 98 valence electrons. The number of methoxy groups -OCH3 is 1. The summed E-state index contributed by atoms with van der Waals surface area (Å²) in [7, 11) is 1.70. The highest BCUT2D eigenvalue weighted by atomic mass is 79.9. The molecular weight excluding hydrogens is 290 g/mol. The zero-order valence-electron chi connectivity index (χ0n) is 11.1. The molecule has 18 heavy (non-hydrogen) atoms. The molecule has 0 saturated carbocycles. The lowest BCUT2D eigenvalue weighted by atomic mass is 10.0. The lowest BCUT2D eigenvalue weighted by Crippen LogP contribution is -2.30. The maximum absolute atomic E-state index is 5.18. The summed E-state index contributed by atoms with van der Waals surface area (Å²) in [5.41, 5.74) is 2.89. The molecule has 0 N–H and O–H groups in total. The van der Waals surface area contributed by atoms with E-state index in [1.807, 2.05) is 12.1 Å². The molecule has 0 unspecified atom stereocenters. The number of halogens is 1. The molecule has 2 rings (SSSR count). The largest absolute Gasteiger partial charge is 0.497 e. The van der Waals surface area contributed by atoms with E-state index < -0.39 is 0 Å². The van der Waals surface area contributed by atoms with Crippen molar-refractivity contribution in [3.63, 3.8) is 0 Å². The Morgan fingerprint density at radius 3 is 2.67 bits per heavy atom. The molecule has 1 saturated heterocycles. The van der Waals surface area contributed by atoms with Gasteiger partial charge in [0.15, 0.2) is 0 Å². The maximum Gasteiger partial charge on any atom is 0.118 e. The first-order valence-electron chi connectivity index (χ1n) is 6.38. The number of hydrogen-bond donors (Lipinski definition) is 0. The minimum Gasteiger partial charge on any atom is -0.497 e. The summed E-state index contributed by atoms with van der Waals surface area (Å²) >= 11 is 3.60. The van der Waals surface area contributed by atoms with Gasteiger partial charge in [-0.3, -0.25) is 4.90 Å². The summed E-state index contributed by atoms with van der Waals surface area (Å²) in [4.78, 5) is 2.51. The van der Waals surface area contributed by atoms with Crippen LogP contribution in [0, 0.1) is 0 Å². The SMILES string of the molecule is COc1ccc(CN2CCCC(=C(C)Br)C2)cc1. The van der Waals surface area contributed by atoms with Gasteiger partial charge < -0.3 is 4.74 Å². The van der Waals surface area contributed by atoms with Crippen LogP contribution in [0.1, 0.15) is 25.3 Å². The van der Waals surface area contributed by atoms with Crippen LogP contribution in [0.5, 0.6) is 5.75 Å². The van der Waals surface area contributed by atoms with E-state index in [9.17, 15) is 0 Å². The van der Waals surface area contributed by atoms with Gasteiger partial charge in [-0.15, -0.1) is 0 Å². The summed E-state index contributed by atoms with van der Waals surface area (Å²) in [6.45, 7) is 5.44. The minimum atomic E-state index is 0.925. The van der Waals surface area contributed by atoms with Crippen LogP contribution in [0.4, 0.5) is 0 Å². The number of likely N-dealkylation sites (tertiary alicyclic amines) is 1. The van der Waals surface area contributed by atoms with Crippen LogP contribution >= 0.6 is 15.9 Å². The third kappa shape index (κ3) is 3.59. The Labute approximate surface area is 118 Å². The Balaban J connectivity index is 1.98. The van der Waals surface area contributed by atoms with Crippen molar-refractivity contribution in [1.29, 1.82) is 0 Å². The van der Waals surface area contributed by atoms with Crippen LogP contribution in [0.15, 0.2) is 34.3 Å². The normalized spacial score (nSPS) is 19.7. The first kappa shape index (κ1) is 13.6. The molecule has 1 aliphatic heterocycles. The van der Waals surface area contributed by atoms with E-state index in [4.69, 9.17) is 4.74 Å². The highest BCUT2D eigenvalue weighted by molar-refractivity contribution is 9.11. The second-order valence-electron chi connectivity index (χ2n) is 4.80. The number of nitrogens with zero attached hydrogens (tertiary/aromatic N) is 1. The van der Waals surface area contributed by atoms with Crippen molar-refractivity contribution in [2.45, 2.75) is 26.3 Å². The topological polar surface area (TPSA) is 12.5 Å². The van der Waals surface area contributed by atoms with Crippen LogP contribution in [-0.4, -0.2) is 25.1 Å². The molecular formula is C15H20BrNO. The van der Waals surface area contributed by atoms with Gasteiger partial charge in [0.25, 0.3) is 0 Å². The Kier molecular flexibility index (Phi) is 4.84. The van der Waals surface area contributed by atoms with Crippen molar-refractivity contribution in [3.05, 3.63) is 39.9 Å². The third-order valence-corrected chi connectivity index (χ3v) is 3.98. The van der Waals surface area contributed by atoms with E-state index in [-0.39, 0.29) is 0 Å². The Morgan fingerprint density at radius 1 is 1.33 bits per heavy atom. The molecule has 0 spiro atoms. The Bertz CT molecular complexity index is 421. The highest BCUT2D eigenvalue weighted by Crippen LogP contribution is 2.23. The molecule has 0 aromatic heterocycles. The zero-order chi connectivity index (χ0) is 13.0. The quantitative estimate of drug-likeness (QED) is 0.838. The predicted molar refractivity (Wildman–Crippen MR) is 79.1 cm³/mol. The van der Waals surface area contributed by atoms with Gasteiger partial charge in [0.1, 0.15) is 5.75 Å². The van der Waals surface area contributed by atoms with Crippen molar-refractivity contribution >= 4 is 15.9 Å². The summed E-state index contributed by atoms with van der Waals surface area (Å²) in [5, 5.41) is 0. The smallest absolute Gasteiger partial charge is 0.118 e. The Morgan fingerprint density at radius 2 is 2.06 bits per heavy atom. The van der Waals surface area contributed by atoms with E-state index in [1.165, 1.54) is 35.0 Å². The van der Waals surface area contributed by atoms with Gasteiger partial charge in [0, 0.05) is 13.1 Å². The molecule has 2 nitrogen and oxygen atoms in total. The van der Waals surface area contributed by atoms with E-state index in [0.29, 0.717) is 0 Å². The van der Waals surface area contributed by atoms with Gasteiger partial charge in [-0.1, -0.05) is 28.1 Å². The molecule has 3 heteroatoms. The van der Waals surface area contributed by atoms with Crippen molar-refractivity contribution in [3.8, 4) is 5.75 Å². The molecule has 1 fully saturated rings. The third-order valence-electron chi connectivity index (χ3n) is 3.42. The molecule has 1 aliphatic rings. The second kappa shape index (κ2) is 6.39. The fraction of sp³-hybridized carbons (Fsp3) is 0.467. The van der Waals surface area contributed by atoms with Gasteiger partial charge in [-0.2, -0.15) is 0 Å². The molecule has 1 aromatic rings. The number of benzene rings is 1. The maximum atomic E-state index is 5.18. The van der Waals surface area contributed by atoms with Crippen LogP contribution in [-0.2, 0) is 6.54 Å². The summed E-state index contributed by atoms with van der Waals surface area (Å²) in [6.07, 6.45) is 2.49. The monoisotopic (exact) mass is 309 g/mol. The van der Waals surface area contributed by atoms with Crippen LogP contribution < -0.4 is 4.74 Å². The average Bonchev–Trinajstić information content (AvgIpc) is 2.40. The van der Waals surface area contributed by atoms with E-state index in [2.05, 4.69) is 39.9 Å². The number of piperidine rings is 1. The van der Waals surface area contributed by atoms with Gasteiger partial charge in [0.05, 0.1) is 7.11 Å². The molecule has 0 atom stereocenters. The standard InChI is InChI=1S/C15H20BrNO/c1-12(16)14-4-3-9-17(11-14)10-13-5-7-15(18-2)8-6-13/h5-8H,3-4,9-11H2,1-2H3. The fourth-order valence-electron chi connectivity index (χ4n) is 2.35. The van der Waals surface area contributed by atoms with Gasteiger partial charge >= 0.3 is 0 Å². The van der Waals surface area contributed by atoms with Gasteiger partial charge in [-0.25, -0.2) is 0 Å². The van der Waals surface area contributed by atoms with Crippen molar-refractivity contribution in [1.82, 2.24) is 4.90 Å². The summed E-state index contributed by atoms with van der Waals surface area (Å²) in [6, 6.07) is 8.37. The van der Waals surface area contributed by atoms with E-state index in [1.54, 1.807) is 7.11 Å². The van der Waals surface area contributed by atoms with Gasteiger partial charge in [-0.05, 0) is 54.1 Å². The first-order valence-corrected chi connectivity index (χ1v) is 7.18. The highest BCUT2D eigenvalue weighted by Gasteiger charge is 2.15. The van der Waals surface area contributed by atoms with Crippen molar-refractivity contribution in [2.75, 3.05) is 20.2 Å². The lowest BCUT2D eigenvalue weighted by Gasteiger charge is -2.29. The molecule has 1 aromatic carbocycles. The molecule has 1 heterocycles. The van der Waals surface area contributed by atoms with Gasteiger partial charge in [0.2, 0.25) is 0 Å². The zero-order valence-corrected chi connectivity index (χ0v) is 12.7. The minimum absolute atomic E-state index is 0.925. The van der Waals surface area contributed by atoms with Crippen molar-refractivity contribution < 1.29 is 4.74 Å². The second-order valence-corrected chi connectivity index (χ2v) is 5.99. The van der Waals surface area contributed by atoms with Crippen LogP contribution in [0.3, 0.4) is 0 Å². The van der Waals surface area contributed by atoms with E-state index >= 15 is 0 Å². The first-order chi connectivity index (χ1) is 8.69. The number of hydrogen-bond acceptors (Lipinski definition) is 2. The predicted octanol–water partition coefficient (Wildman–Crippen LogP) is 3.96. The van der Waals surface area contributed by atoms with E-state index in [0.717, 1.165) is 18.8 Å². The number of rotatable bonds is 3. The fourth-order valence-corrected chi connectivity index (χ4v) is 2.67. The molecule has 0 amide bonds. The van der Waals surface area contributed by atoms with Crippen LogP contribution in [0.25, 0.3) is 0 Å². The Hall–Kier alpha value is -0.800. The average molecular weight is 310 g/mol. The molecule has 0 aliphatic carbocycles. The summed E-state index contributed by atoms with van der Waals surface area (Å²) < 4.78 is 6.49. The molecule has 0 radical (unpaired) electrons. The lowest BCUT2D eigenvalue weighted by molar-refractivity contribution is 0.257. The number of ether oxygens (including phenoxy) is 1. The summed E-state index contributed by atoms with van der Waals surface area (Å²) in [5.74, 6) is 0.925. The van der Waals surface area contributed by atoms with Crippen molar-refractivity contribution in [2.24, 2.45) is 0 Å². The molecule has 0 bridgehead atoms. The van der Waals surface area contributed by atoms with Crippen LogP contribution in [0.2, 0.25) is 0 Å².